The number of nitrogen functional groups attached to an aromatic ring is 2. The highest BCUT2D eigenvalue weighted by atomic mass is 16.5. The Hall–Kier alpha value is -6.06. The van der Waals surface area contributed by atoms with Gasteiger partial charge >= 0.3 is 6.01 Å². The number of rotatable bonds is 8. The van der Waals surface area contributed by atoms with Gasteiger partial charge < -0.3 is 30.4 Å². The van der Waals surface area contributed by atoms with Crippen LogP contribution >= 0.6 is 0 Å². The maximum absolute atomic E-state index is 6.06. The van der Waals surface area contributed by atoms with E-state index in [-0.39, 0.29) is 23.7 Å². The minimum atomic E-state index is 0.0399. The molecule has 1 aromatic carbocycles. The molecule has 0 saturated heterocycles. The van der Waals surface area contributed by atoms with Crippen molar-refractivity contribution in [3.05, 3.63) is 66.6 Å². The maximum Gasteiger partial charge on any atom is 0.328 e. The van der Waals surface area contributed by atoms with Crippen LogP contribution in [-0.4, -0.2) is 55.7 Å². The van der Waals surface area contributed by atoms with E-state index >= 15 is 0 Å². The van der Waals surface area contributed by atoms with E-state index in [1.165, 1.54) is 15.3 Å². The van der Waals surface area contributed by atoms with Crippen molar-refractivity contribution < 1.29 is 13.6 Å². The lowest BCUT2D eigenvalue weighted by molar-refractivity contribution is 0.441. The number of fused-ring (bicyclic) bond motifs is 2. The first-order chi connectivity index (χ1) is 19.6. The van der Waals surface area contributed by atoms with E-state index in [1.54, 1.807) is 36.6 Å². The summed E-state index contributed by atoms with van der Waals surface area (Å²) >= 11 is 0. The molecule has 0 atom stereocenters. The number of nitrogens with one attached hydrogen (secondary N) is 1. The SMILES string of the molecule is Nc1nc(NCCc2cccc(Oc3nc(N)n4nc(-c5ccco5)nc4n3)c2)nc2nc(-c3ccco3)nn12. The first-order valence-corrected chi connectivity index (χ1v) is 12.0. The third kappa shape index (κ3) is 4.34. The van der Waals surface area contributed by atoms with Crippen molar-refractivity contribution in [2.75, 3.05) is 23.3 Å². The fraction of sp³-hybridized carbons (Fsp3) is 0.0833. The molecule has 0 fully saturated rings. The van der Waals surface area contributed by atoms with E-state index in [0.717, 1.165) is 5.56 Å². The number of benzene rings is 1. The average molecular weight is 538 g/mol. The third-order valence-corrected chi connectivity index (χ3v) is 5.73. The fourth-order valence-corrected chi connectivity index (χ4v) is 3.92. The zero-order chi connectivity index (χ0) is 27.1. The summed E-state index contributed by atoms with van der Waals surface area (Å²) in [5.74, 6) is 3.32. The average Bonchev–Trinajstić information content (AvgIpc) is 3.75. The molecule has 0 radical (unpaired) electrons. The molecule has 0 saturated carbocycles. The van der Waals surface area contributed by atoms with Crippen molar-refractivity contribution in [2.45, 2.75) is 6.42 Å². The van der Waals surface area contributed by atoms with E-state index in [0.29, 0.717) is 53.6 Å². The molecule has 0 aliphatic rings. The van der Waals surface area contributed by atoms with Gasteiger partial charge in [0, 0.05) is 6.54 Å². The minimum Gasteiger partial charge on any atom is -0.461 e. The molecule has 16 nitrogen and oxygen atoms in total. The highest BCUT2D eigenvalue weighted by molar-refractivity contribution is 5.53. The van der Waals surface area contributed by atoms with Crippen LogP contribution < -0.4 is 21.5 Å². The molecule has 6 aromatic heterocycles. The molecular formula is C24H19N13O3. The summed E-state index contributed by atoms with van der Waals surface area (Å²) in [6.45, 7) is 0.517. The summed E-state index contributed by atoms with van der Waals surface area (Å²) in [7, 11) is 0. The van der Waals surface area contributed by atoms with Crippen LogP contribution in [0.5, 0.6) is 11.8 Å². The second kappa shape index (κ2) is 9.35. The number of aromatic nitrogens is 10. The Bertz CT molecular complexity index is 1940. The second-order valence-corrected chi connectivity index (χ2v) is 8.45. The fourth-order valence-electron chi connectivity index (χ4n) is 3.92. The van der Waals surface area contributed by atoms with Gasteiger partial charge in [0.05, 0.1) is 12.5 Å². The molecule has 5 N–H and O–H groups in total. The molecule has 7 rings (SSSR count). The van der Waals surface area contributed by atoms with Crippen molar-refractivity contribution in [3.63, 3.8) is 0 Å². The van der Waals surface area contributed by atoms with E-state index in [9.17, 15) is 0 Å². The van der Waals surface area contributed by atoms with Gasteiger partial charge in [0.15, 0.2) is 11.5 Å². The molecule has 16 heteroatoms. The van der Waals surface area contributed by atoms with E-state index < -0.39 is 0 Å². The van der Waals surface area contributed by atoms with Gasteiger partial charge in [-0.05, 0) is 48.4 Å². The Balaban J connectivity index is 1.03. The van der Waals surface area contributed by atoms with E-state index in [2.05, 4.69) is 45.4 Å². The minimum absolute atomic E-state index is 0.0399. The van der Waals surface area contributed by atoms with Gasteiger partial charge in [-0.1, -0.05) is 12.1 Å². The standard InChI is InChI=1S/C24H19N13O3/c25-19-30-21(32-22-28-17(34-36(19)22)15-6-2-10-38-15)27-9-8-13-4-1-5-14(12-13)40-24-31-20(26)37-23(33-24)29-18(35-37)16-7-3-11-39-16/h1-7,10-12H,8-9H2,(H2,26,29,31,33,35)(H3,25,27,28,30,32,34). The zero-order valence-corrected chi connectivity index (χ0v) is 20.5. The monoisotopic (exact) mass is 537 g/mol. The van der Waals surface area contributed by atoms with Crippen molar-refractivity contribution in [1.82, 2.24) is 49.1 Å². The molecule has 0 unspecified atom stereocenters. The molecule has 40 heavy (non-hydrogen) atoms. The van der Waals surface area contributed by atoms with Crippen LogP contribution in [0.1, 0.15) is 5.56 Å². The number of furan rings is 2. The number of hydrogen-bond acceptors (Lipinski definition) is 14. The molecule has 7 aromatic rings. The van der Waals surface area contributed by atoms with Crippen LogP contribution in [0.25, 0.3) is 34.7 Å². The van der Waals surface area contributed by atoms with Gasteiger partial charge in [-0.15, -0.1) is 10.2 Å². The first-order valence-electron chi connectivity index (χ1n) is 12.0. The number of hydrogen-bond donors (Lipinski definition) is 3. The predicted molar refractivity (Wildman–Crippen MR) is 140 cm³/mol. The van der Waals surface area contributed by atoms with Gasteiger partial charge in [-0.25, -0.2) is 0 Å². The smallest absolute Gasteiger partial charge is 0.328 e. The maximum atomic E-state index is 6.06. The summed E-state index contributed by atoms with van der Waals surface area (Å²) in [6, 6.07) is 14.5. The predicted octanol–water partition coefficient (Wildman–Crippen LogP) is 2.48. The second-order valence-electron chi connectivity index (χ2n) is 8.45. The normalized spacial score (nSPS) is 11.4. The van der Waals surface area contributed by atoms with Gasteiger partial charge in [0.1, 0.15) is 5.75 Å². The van der Waals surface area contributed by atoms with Crippen LogP contribution in [-0.2, 0) is 6.42 Å². The van der Waals surface area contributed by atoms with Crippen molar-refractivity contribution in [1.29, 1.82) is 0 Å². The van der Waals surface area contributed by atoms with Crippen LogP contribution in [0.2, 0.25) is 0 Å². The van der Waals surface area contributed by atoms with Gasteiger partial charge in [0.2, 0.25) is 29.5 Å². The quantitative estimate of drug-likeness (QED) is 0.254. The lowest BCUT2D eigenvalue weighted by Crippen LogP contribution is -2.12. The van der Waals surface area contributed by atoms with E-state index in [1.807, 2.05) is 18.2 Å². The lowest BCUT2D eigenvalue weighted by Gasteiger charge is -2.08. The molecule has 0 amide bonds. The summed E-state index contributed by atoms with van der Waals surface area (Å²) < 4.78 is 19.2. The Morgan fingerprint density at radius 2 is 1.43 bits per heavy atom. The van der Waals surface area contributed by atoms with E-state index in [4.69, 9.17) is 25.0 Å². The number of anilines is 3. The number of nitrogens with zero attached hydrogens (tertiary/aromatic N) is 10. The molecule has 0 aliphatic carbocycles. The van der Waals surface area contributed by atoms with Crippen LogP contribution in [0, 0.1) is 0 Å². The number of ether oxygens (including phenoxy) is 1. The summed E-state index contributed by atoms with van der Waals surface area (Å²) in [5, 5.41) is 11.7. The molecular weight excluding hydrogens is 518 g/mol. The largest absolute Gasteiger partial charge is 0.461 e. The van der Waals surface area contributed by atoms with Crippen LogP contribution in [0.3, 0.4) is 0 Å². The van der Waals surface area contributed by atoms with Crippen LogP contribution in [0.4, 0.5) is 17.8 Å². The van der Waals surface area contributed by atoms with Crippen molar-refractivity contribution in [2.24, 2.45) is 0 Å². The van der Waals surface area contributed by atoms with Crippen LogP contribution in [0.15, 0.2) is 69.9 Å². The highest BCUT2D eigenvalue weighted by Crippen LogP contribution is 2.23. The van der Waals surface area contributed by atoms with Crippen molar-refractivity contribution in [3.8, 4) is 34.9 Å². The first kappa shape index (κ1) is 23.1. The zero-order valence-electron chi connectivity index (χ0n) is 20.5. The topological polar surface area (TPSA) is 212 Å². The van der Waals surface area contributed by atoms with Gasteiger partial charge in [-0.2, -0.15) is 38.9 Å². The summed E-state index contributed by atoms with van der Waals surface area (Å²) in [5.41, 5.74) is 13.1. The molecule has 0 spiro atoms. The third-order valence-electron chi connectivity index (χ3n) is 5.73. The lowest BCUT2D eigenvalue weighted by atomic mass is 10.1. The Morgan fingerprint density at radius 1 is 0.750 bits per heavy atom. The van der Waals surface area contributed by atoms with Crippen molar-refractivity contribution >= 4 is 29.4 Å². The number of nitrogens with two attached hydrogens (primary N) is 2. The molecule has 0 bridgehead atoms. The molecule has 6 heterocycles. The van der Waals surface area contributed by atoms with Gasteiger partial charge in [-0.3, -0.25) is 0 Å². The Kier molecular flexibility index (Phi) is 5.40. The molecule has 0 aliphatic heterocycles. The summed E-state index contributed by atoms with van der Waals surface area (Å²) in [6.07, 6.45) is 3.71. The highest BCUT2D eigenvalue weighted by Gasteiger charge is 2.16. The Morgan fingerprint density at radius 3 is 2.10 bits per heavy atom. The summed E-state index contributed by atoms with van der Waals surface area (Å²) in [4.78, 5) is 25.9. The van der Waals surface area contributed by atoms with Gasteiger partial charge in [0.25, 0.3) is 11.6 Å². The molecule has 198 valence electrons. The Labute approximate surface area is 223 Å².